The minimum atomic E-state index is 0.249. The second-order valence-corrected chi connectivity index (χ2v) is 4.42. The molecule has 0 fully saturated rings. The first-order valence-electron chi connectivity index (χ1n) is 5.50. The van der Waals surface area contributed by atoms with Gasteiger partial charge in [-0.15, -0.1) is 10.2 Å². The molecule has 0 spiro atoms. The molecule has 90 valence electrons. The fourth-order valence-corrected chi connectivity index (χ4v) is 2.10. The zero-order valence-electron chi connectivity index (χ0n) is 9.42. The lowest BCUT2D eigenvalue weighted by Gasteiger charge is -2.01. The number of nitrogens with zero attached hydrogens (tertiary/aromatic N) is 3. The Morgan fingerprint density at radius 2 is 2.06 bits per heavy atom. The van der Waals surface area contributed by atoms with Gasteiger partial charge in [-0.05, 0) is 29.8 Å². The molecular formula is C13H10ClN3O. The van der Waals surface area contributed by atoms with Gasteiger partial charge in [-0.3, -0.25) is 4.40 Å². The fourth-order valence-electron chi connectivity index (χ4n) is 1.90. The lowest BCUT2D eigenvalue weighted by Crippen LogP contribution is -1.96. The molecule has 0 saturated heterocycles. The molecule has 0 bridgehead atoms. The molecule has 0 radical (unpaired) electrons. The van der Waals surface area contributed by atoms with E-state index in [1.165, 1.54) is 0 Å². The molecule has 3 rings (SSSR count). The van der Waals surface area contributed by atoms with Gasteiger partial charge in [-0.1, -0.05) is 23.7 Å². The maximum Gasteiger partial charge on any atom is 0.179 e. The SMILES string of the molecule is Oc1cccc(Cc2nnc3c(Cl)cccn23)c1. The zero-order chi connectivity index (χ0) is 12.5. The number of hydrogen-bond donors (Lipinski definition) is 1. The normalized spacial score (nSPS) is 10.9. The molecule has 1 aromatic carbocycles. The number of aromatic nitrogens is 3. The van der Waals surface area contributed by atoms with Gasteiger partial charge in [0.1, 0.15) is 11.6 Å². The molecular weight excluding hydrogens is 250 g/mol. The Balaban J connectivity index is 2.03. The number of fused-ring (bicyclic) bond motifs is 1. The number of benzene rings is 1. The van der Waals surface area contributed by atoms with Gasteiger partial charge in [-0.2, -0.15) is 0 Å². The summed E-state index contributed by atoms with van der Waals surface area (Å²) in [5, 5.41) is 18.2. The van der Waals surface area contributed by atoms with E-state index >= 15 is 0 Å². The highest BCUT2D eigenvalue weighted by molar-refractivity contribution is 6.33. The average molecular weight is 260 g/mol. The van der Waals surface area contributed by atoms with Crippen LogP contribution in [-0.4, -0.2) is 19.7 Å². The van der Waals surface area contributed by atoms with Crippen LogP contribution in [0.2, 0.25) is 5.02 Å². The predicted molar refractivity (Wildman–Crippen MR) is 68.9 cm³/mol. The van der Waals surface area contributed by atoms with Crippen molar-refractivity contribution in [2.24, 2.45) is 0 Å². The summed E-state index contributed by atoms with van der Waals surface area (Å²) < 4.78 is 1.85. The maximum absolute atomic E-state index is 9.44. The molecule has 5 heteroatoms. The van der Waals surface area contributed by atoms with E-state index in [4.69, 9.17) is 11.6 Å². The Hall–Kier alpha value is -2.07. The van der Waals surface area contributed by atoms with E-state index in [1.807, 2.05) is 22.7 Å². The van der Waals surface area contributed by atoms with Crippen molar-refractivity contribution in [1.82, 2.24) is 14.6 Å². The van der Waals surface area contributed by atoms with Crippen LogP contribution in [0, 0.1) is 0 Å². The van der Waals surface area contributed by atoms with E-state index < -0.39 is 0 Å². The molecule has 2 heterocycles. The number of phenolic OH excluding ortho intramolecular Hbond substituents is 1. The number of phenols is 1. The van der Waals surface area contributed by atoms with Gasteiger partial charge in [0.25, 0.3) is 0 Å². The summed E-state index contributed by atoms with van der Waals surface area (Å²) >= 11 is 6.04. The summed E-state index contributed by atoms with van der Waals surface area (Å²) in [6.07, 6.45) is 2.47. The molecule has 0 aliphatic heterocycles. The molecule has 3 aromatic rings. The van der Waals surface area contributed by atoms with Crippen molar-refractivity contribution < 1.29 is 5.11 Å². The van der Waals surface area contributed by atoms with Crippen LogP contribution in [0.4, 0.5) is 0 Å². The summed E-state index contributed by atoms with van der Waals surface area (Å²) in [4.78, 5) is 0. The van der Waals surface area contributed by atoms with Crippen LogP contribution in [0.25, 0.3) is 5.65 Å². The highest BCUT2D eigenvalue weighted by atomic mass is 35.5. The summed E-state index contributed by atoms with van der Waals surface area (Å²) in [6.45, 7) is 0. The number of rotatable bonds is 2. The van der Waals surface area contributed by atoms with Crippen LogP contribution in [0.3, 0.4) is 0 Å². The monoisotopic (exact) mass is 259 g/mol. The van der Waals surface area contributed by atoms with Gasteiger partial charge in [0.05, 0.1) is 5.02 Å². The largest absolute Gasteiger partial charge is 0.508 e. The van der Waals surface area contributed by atoms with Gasteiger partial charge >= 0.3 is 0 Å². The minimum Gasteiger partial charge on any atom is -0.508 e. The van der Waals surface area contributed by atoms with Crippen molar-refractivity contribution in [2.45, 2.75) is 6.42 Å². The van der Waals surface area contributed by atoms with Gasteiger partial charge in [0.2, 0.25) is 0 Å². The van der Waals surface area contributed by atoms with Crippen molar-refractivity contribution in [1.29, 1.82) is 0 Å². The standard InChI is InChI=1S/C13H10ClN3O/c14-11-5-2-6-17-12(15-16-13(11)17)8-9-3-1-4-10(18)7-9/h1-7,18H,8H2. The van der Waals surface area contributed by atoms with Crippen LogP contribution >= 0.6 is 11.6 Å². The Kier molecular flexibility index (Phi) is 2.64. The van der Waals surface area contributed by atoms with Gasteiger partial charge in [-0.25, -0.2) is 0 Å². The van der Waals surface area contributed by atoms with Crippen LogP contribution < -0.4 is 0 Å². The van der Waals surface area contributed by atoms with E-state index in [9.17, 15) is 5.11 Å². The highest BCUT2D eigenvalue weighted by Crippen LogP contribution is 2.18. The van der Waals surface area contributed by atoms with E-state index in [2.05, 4.69) is 10.2 Å². The molecule has 4 nitrogen and oxygen atoms in total. The lowest BCUT2D eigenvalue weighted by molar-refractivity contribution is 0.474. The third kappa shape index (κ3) is 1.91. The molecule has 0 unspecified atom stereocenters. The summed E-state index contributed by atoms with van der Waals surface area (Å²) in [5.41, 5.74) is 1.62. The van der Waals surface area contributed by atoms with Crippen molar-refractivity contribution in [3.8, 4) is 5.75 Å². The predicted octanol–water partition coefficient (Wildman–Crippen LogP) is 2.68. The highest BCUT2D eigenvalue weighted by Gasteiger charge is 2.08. The van der Waals surface area contributed by atoms with Crippen LogP contribution in [0.15, 0.2) is 42.6 Å². The quantitative estimate of drug-likeness (QED) is 0.770. The van der Waals surface area contributed by atoms with Crippen molar-refractivity contribution in [2.75, 3.05) is 0 Å². The van der Waals surface area contributed by atoms with Gasteiger partial charge in [0.15, 0.2) is 5.65 Å². The molecule has 0 saturated carbocycles. The Labute approximate surface area is 108 Å². The van der Waals surface area contributed by atoms with Gasteiger partial charge < -0.3 is 5.11 Å². The number of aromatic hydroxyl groups is 1. The first-order valence-corrected chi connectivity index (χ1v) is 5.88. The second-order valence-electron chi connectivity index (χ2n) is 4.01. The van der Waals surface area contributed by atoms with Crippen molar-refractivity contribution in [3.05, 3.63) is 59.0 Å². The average Bonchev–Trinajstić information content (AvgIpc) is 2.74. The molecule has 18 heavy (non-hydrogen) atoms. The molecule has 1 N–H and O–H groups in total. The topological polar surface area (TPSA) is 50.4 Å². The molecule has 0 aliphatic rings. The first-order chi connectivity index (χ1) is 8.74. The summed E-state index contributed by atoms with van der Waals surface area (Å²) in [6, 6.07) is 10.7. The maximum atomic E-state index is 9.44. The number of halogens is 1. The van der Waals surface area contributed by atoms with Crippen molar-refractivity contribution in [3.63, 3.8) is 0 Å². The van der Waals surface area contributed by atoms with Crippen LogP contribution in [0.5, 0.6) is 5.75 Å². The molecule has 0 atom stereocenters. The van der Waals surface area contributed by atoms with Crippen LogP contribution in [0.1, 0.15) is 11.4 Å². The van der Waals surface area contributed by atoms with E-state index in [0.717, 1.165) is 11.4 Å². The first kappa shape index (κ1) is 11.0. The molecule has 0 amide bonds. The number of hydrogen-bond acceptors (Lipinski definition) is 3. The second kappa shape index (κ2) is 4.31. The third-order valence-electron chi connectivity index (χ3n) is 2.73. The molecule has 2 aromatic heterocycles. The minimum absolute atomic E-state index is 0.249. The lowest BCUT2D eigenvalue weighted by atomic mass is 10.1. The summed E-state index contributed by atoms with van der Waals surface area (Å²) in [5.74, 6) is 1.04. The van der Waals surface area contributed by atoms with Crippen molar-refractivity contribution >= 4 is 17.2 Å². The van der Waals surface area contributed by atoms with Crippen LogP contribution in [-0.2, 0) is 6.42 Å². The van der Waals surface area contributed by atoms with Gasteiger partial charge in [0, 0.05) is 12.6 Å². The van der Waals surface area contributed by atoms with E-state index in [-0.39, 0.29) is 5.75 Å². The van der Waals surface area contributed by atoms with E-state index in [0.29, 0.717) is 17.1 Å². The third-order valence-corrected chi connectivity index (χ3v) is 3.03. The zero-order valence-corrected chi connectivity index (χ0v) is 10.2. The Morgan fingerprint density at radius 3 is 2.89 bits per heavy atom. The Bertz CT molecular complexity index is 708. The summed E-state index contributed by atoms with van der Waals surface area (Å²) in [7, 11) is 0. The molecule has 0 aliphatic carbocycles. The number of pyridine rings is 1. The van der Waals surface area contributed by atoms with E-state index in [1.54, 1.807) is 24.3 Å². The fraction of sp³-hybridized carbons (Fsp3) is 0.0769. The smallest absolute Gasteiger partial charge is 0.179 e. The Morgan fingerprint density at radius 1 is 1.17 bits per heavy atom.